The number of fused-ring (bicyclic) bond motifs is 3. The molecule has 3 heteroatoms. The van der Waals surface area contributed by atoms with Crippen molar-refractivity contribution >= 4 is 11.8 Å². The molecule has 0 radical (unpaired) electrons. The molecule has 0 bridgehead atoms. The highest BCUT2D eigenvalue weighted by atomic mass is 16.2. The fourth-order valence-electron chi connectivity index (χ4n) is 4.96. The number of likely N-dealkylation sites (tertiary alicyclic amines) is 1. The monoisotopic (exact) mass is 301 g/mol. The lowest BCUT2D eigenvalue weighted by Crippen LogP contribution is -2.50. The van der Waals surface area contributed by atoms with Gasteiger partial charge in [0.1, 0.15) is 0 Å². The van der Waals surface area contributed by atoms with E-state index in [2.05, 4.69) is 19.6 Å². The van der Waals surface area contributed by atoms with Crippen LogP contribution in [0.25, 0.3) is 0 Å². The fraction of sp³-hybridized carbons (Fsp3) is 0.684. The molecule has 2 aliphatic carbocycles. The second-order valence-electron chi connectivity index (χ2n) is 7.53. The van der Waals surface area contributed by atoms with E-state index in [4.69, 9.17) is 0 Å². The SMILES string of the molecule is C=C(C)C[C@@]12CCC1=C[C@@H](CCCC)[C@@H]1C(=O)N(C)C(=O)[C@@H]12. The number of imide groups is 1. The molecule has 0 N–H and O–H groups in total. The van der Waals surface area contributed by atoms with Gasteiger partial charge in [0.25, 0.3) is 0 Å². The Hall–Kier alpha value is -1.38. The third-order valence-electron chi connectivity index (χ3n) is 6.03. The predicted molar refractivity (Wildman–Crippen MR) is 87.0 cm³/mol. The van der Waals surface area contributed by atoms with Crippen LogP contribution >= 0.6 is 0 Å². The third-order valence-corrected chi connectivity index (χ3v) is 6.03. The number of hydrogen-bond acceptors (Lipinski definition) is 2. The second kappa shape index (κ2) is 5.36. The molecule has 1 aliphatic heterocycles. The Morgan fingerprint density at radius 2 is 2.14 bits per heavy atom. The van der Waals surface area contributed by atoms with Gasteiger partial charge < -0.3 is 0 Å². The van der Waals surface area contributed by atoms with E-state index in [1.807, 2.05) is 6.92 Å². The maximum atomic E-state index is 12.8. The lowest BCUT2D eigenvalue weighted by molar-refractivity contribution is -0.139. The molecule has 1 saturated carbocycles. The summed E-state index contributed by atoms with van der Waals surface area (Å²) in [4.78, 5) is 26.9. The van der Waals surface area contributed by atoms with Crippen LogP contribution in [-0.4, -0.2) is 23.8 Å². The first-order valence-corrected chi connectivity index (χ1v) is 8.59. The van der Waals surface area contributed by atoms with E-state index in [1.165, 1.54) is 10.5 Å². The van der Waals surface area contributed by atoms with Gasteiger partial charge in [-0.2, -0.15) is 0 Å². The average Bonchev–Trinajstić information content (AvgIpc) is 2.68. The number of unbranched alkanes of at least 4 members (excludes halogenated alkanes) is 1. The van der Waals surface area contributed by atoms with E-state index in [0.29, 0.717) is 0 Å². The van der Waals surface area contributed by atoms with Crippen LogP contribution in [0.2, 0.25) is 0 Å². The maximum Gasteiger partial charge on any atom is 0.233 e. The van der Waals surface area contributed by atoms with Gasteiger partial charge in [-0.1, -0.05) is 37.0 Å². The first-order chi connectivity index (χ1) is 10.4. The Labute approximate surface area is 133 Å². The van der Waals surface area contributed by atoms with Gasteiger partial charge in [-0.25, -0.2) is 0 Å². The van der Waals surface area contributed by atoms with Gasteiger partial charge in [0.05, 0.1) is 11.8 Å². The number of nitrogens with zero attached hydrogens (tertiary/aromatic N) is 1. The summed E-state index contributed by atoms with van der Waals surface area (Å²) in [5.41, 5.74) is 2.44. The Balaban J connectivity index is 2.02. The molecule has 3 nitrogen and oxygen atoms in total. The van der Waals surface area contributed by atoms with Crippen LogP contribution < -0.4 is 0 Å². The molecule has 0 unspecified atom stereocenters. The highest BCUT2D eigenvalue weighted by Gasteiger charge is 2.63. The molecule has 2 fully saturated rings. The van der Waals surface area contributed by atoms with E-state index in [9.17, 15) is 9.59 Å². The molecule has 0 aromatic heterocycles. The Bertz CT molecular complexity index is 562. The van der Waals surface area contributed by atoms with Gasteiger partial charge in [0.2, 0.25) is 11.8 Å². The van der Waals surface area contributed by atoms with Gasteiger partial charge >= 0.3 is 0 Å². The van der Waals surface area contributed by atoms with Crippen LogP contribution in [-0.2, 0) is 9.59 Å². The summed E-state index contributed by atoms with van der Waals surface area (Å²) in [5.74, 6) is 0.0621. The van der Waals surface area contributed by atoms with Gasteiger partial charge in [-0.05, 0) is 38.5 Å². The average molecular weight is 301 g/mol. The Morgan fingerprint density at radius 3 is 2.68 bits per heavy atom. The van der Waals surface area contributed by atoms with Crippen LogP contribution in [0.5, 0.6) is 0 Å². The van der Waals surface area contributed by atoms with E-state index >= 15 is 0 Å². The van der Waals surface area contributed by atoms with E-state index in [1.54, 1.807) is 7.05 Å². The first-order valence-electron chi connectivity index (χ1n) is 8.59. The van der Waals surface area contributed by atoms with Gasteiger partial charge in [-0.3, -0.25) is 14.5 Å². The Kier molecular flexibility index (Phi) is 3.78. The van der Waals surface area contributed by atoms with Crippen molar-refractivity contribution in [1.29, 1.82) is 0 Å². The molecule has 3 rings (SSSR count). The molecule has 0 aromatic carbocycles. The van der Waals surface area contributed by atoms with Gasteiger partial charge in [-0.15, -0.1) is 6.58 Å². The predicted octanol–water partition coefficient (Wildman–Crippen LogP) is 3.71. The summed E-state index contributed by atoms with van der Waals surface area (Å²) in [7, 11) is 1.66. The van der Waals surface area contributed by atoms with E-state index < -0.39 is 0 Å². The smallest absolute Gasteiger partial charge is 0.233 e. The van der Waals surface area contributed by atoms with Crippen LogP contribution in [0.15, 0.2) is 23.8 Å². The highest BCUT2D eigenvalue weighted by Crippen LogP contribution is 2.63. The highest BCUT2D eigenvalue weighted by molar-refractivity contribution is 6.06. The molecule has 1 heterocycles. The lowest BCUT2D eigenvalue weighted by Gasteiger charge is -2.54. The fourth-order valence-corrected chi connectivity index (χ4v) is 4.96. The third kappa shape index (κ3) is 2.01. The molecule has 2 amide bonds. The maximum absolute atomic E-state index is 12.8. The largest absolute Gasteiger partial charge is 0.285 e. The molecular weight excluding hydrogens is 274 g/mol. The zero-order valence-electron chi connectivity index (χ0n) is 14.0. The minimum absolute atomic E-state index is 0.0411. The second-order valence-corrected chi connectivity index (χ2v) is 7.53. The zero-order valence-corrected chi connectivity index (χ0v) is 14.0. The van der Waals surface area contributed by atoms with Crippen molar-refractivity contribution in [3.8, 4) is 0 Å². The minimum Gasteiger partial charge on any atom is -0.285 e. The molecule has 3 aliphatic rings. The number of hydrogen-bond donors (Lipinski definition) is 0. The van der Waals surface area contributed by atoms with Crippen molar-refractivity contribution in [3.05, 3.63) is 23.8 Å². The van der Waals surface area contributed by atoms with Gasteiger partial charge in [0.15, 0.2) is 0 Å². The lowest BCUT2D eigenvalue weighted by atomic mass is 9.48. The molecule has 1 saturated heterocycles. The number of allylic oxidation sites excluding steroid dienone is 3. The molecule has 0 spiro atoms. The van der Waals surface area contributed by atoms with Crippen LogP contribution in [0.3, 0.4) is 0 Å². The summed E-state index contributed by atoms with van der Waals surface area (Å²) in [6.07, 6.45) is 8.60. The van der Waals surface area contributed by atoms with Crippen LogP contribution in [0, 0.1) is 23.2 Å². The van der Waals surface area contributed by atoms with E-state index in [-0.39, 0.29) is 35.0 Å². The van der Waals surface area contributed by atoms with Crippen molar-refractivity contribution in [2.45, 2.75) is 52.4 Å². The number of amides is 2. The molecule has 0 aromatic rings. The topological polar surface area (TPSA) is 37.4 Å². The normalized spacial score (nSPS) is 36.6. The molecule has 120 valence electrons. The van der Waals surface area contributed by atoms with Gasteiger partial charge in [0, 0.05) is 12.5 Å². The van der Waals surface area contributed by atoms with Crippen LogP contribution in [0.4, 0.5) is 0 Å². The summed E-state index contributed by atoms with van der Waals surface area (Å²) < 4.78 is 0. The summed E-state index contributed by atoms with van der Waals surface area (Å²) in [6.45, 7) is 8.28. The summed E-state index contributed by atoms with van der Waals surface area (Å²) in [6, 6.07) is 0. The summed E-state index contributed by atoms with van der Waals surface area (Å²) in [5, 5.41) is 0. The summed E-state index contributed by atoms with van der Waals surface area (Å²) >= 11 is 0. The molecule has 4 atom stereocenters. The number of rotatable bonds is 5. The van der Waals surface area contributed by atoms with Crippen molar-refractivity contribution < 1.29 is 9.59 Å². The number of carbonyl (C=O) groups excluding carboxylic acids is 2. The van der Waals surface area contributed by atoms with Crippen LogP contribution in [0.1, 0.15) is 52.4 Å². The molecular formula is C19H27NO2. The first kappa shape index (κ1) is 15.5. The standard InChI is InChI=1S/C19H27NO2/c1-5-6-7-13-10-14-8-9-19(14,11-12(2)3)16-15(13)17(21)20(4)18(16)22/h10,13,15-16H,2,5-9,11H2,1,3-4H3/t13-,15+,16-,19+/m1/s1. The van der Waals surface area contributed by atoms with Crippen molar-refractivity contribution in [2.75, 3.05) is 7.05 Å². The number of carbonyl (C=O) groups is 2. The van der Waals surface area contributed by atoms with Crippen molar-refractivity contribution in [3.63, 3.8) is 0 Å². The Morgan fingerprint density at radius 1 is 1.41 bits per heavy atom. The van der Waals surface area contributed by atoms with Crippen molar-refractivity contribution in [1.82, 2.24) is 4.90 Å². The van der Waals surface area contributed by atoms with Crippen molar-refractivity contribution in [2.24, 2.45) is 23.2 Å². The minimum atomic E-state index is -0.141. The molecule has 22 heavy (non-hydrogen) atoms. The quantitative estimate of drug-likeness (QED) is 0.573. The zero-order chi connectivity index (χ0) is 16.1. The van der Waals surface area contributed by atoms with E-state index in [0.717, 1.165) is 44.1 Å².